The summed E-state index contributed by atoms with van der Waals surface area (Å²) in [5, 5.41) is 3.40. The van der Waals surface area contributed by atoms with Crippen LogP contribution < -0.4 is 14.4 Å². The van der Waals surface area contributed by atoms with Crippen LogP contribution in [0.3, 0.4) is 0 Å². The van der Waals surface area contributed by atoms with E-state index in [4.69, 9.17) is 16.3 Å². The van der Waals surface area contributed by atoms with Crippen LogP contribution in [0.4, 0.5) is 5.69 Å². The summed E-state index contributed by atoms with van der Waals surface area (Å²) < 4.78 is 31.4. The molecule has 2 rings (SSSR count). The third-order valence-electron chi connectivity index (χ3n) is 5.64. The van der Waals surface area contributed by atoms with Crippen molar-refractivity contribution in [3.8, 4) is 5.75 Å². The molecule has 0 fully saturated rings. The topological polar surface area (TPSA) is 96.0 Å². The number of methoxy groups -OCH3 is 1. The Balaban J connectivity index is 2.24. The first-order valence-corrected chi connectivity index (χ1v) is 14.5. The molecule has 0 aliphatic heterocycles. The van der Waals surface area contributed by atoms with Gasteiger partial charge in [-0.1, -0.05) is 36.7 Å². The SMILES string of the molecule is CCC(C(=O)NC(C)(C)C)N(Cc1ccc(OC)cc1)C(=O)CCCN(c1cccc(Cl)c1)S(C)(=O)=O. The fourth-order valence-corrected chi connectivity index (χ4v) is 5.08. The fraction of sp³-hybridized carbons (Fsp3) is 0.481. The van der Waals surface area contributed by atoms with Gasteiger partial charge in [0, 0.05) is 30.1 Å². The standard InChI is InChI=1S/C27H38ClN3O5S/c1-7-24(26(33)29-27(2,3)4)30(19-20-13-15-23(36-5)16-14-20)25(32)12-9-17-31(37(6,34)35)22-11-8-10-21(28)18-22/h8,10-11,13-16,18,24H,7,9,12,17,19H2,1-6H3,(H,29,33). The smallest absolute Gasteiger partial charge is 0.243 e. The monoisotopic (exact) mass is 551 g/mol. The molecule has 1 atom stereocenters. The van der Waals surface area contributed by atoms with Crippen molar-refractivity contribution in [2.24, 2.45) is 0 Å². The predicted molar refractivity (Wildman–Crippen MR) is 148 cm³/mol. The Morgan fingerprint density at radius 1 is 1.11 bits per heavy atom. The van der Waals surface area contributed by atoms with E-state index < -0.39 is 21.6 Å². The molecule has 10 heteroatoms. The van der Waals surface area contributed by atoms with Gasteiger partial charge in [-0.25, -0.2) is 8.42 Å². The second kappa shape index (κ2) is 13.1. The van der Waals surface area contributed by atoms with E-state index in [1.807, 2.05) is 52.0 Å². The Hall–Kier alpha value is -2.78. The van der Waals surface area contributed by atoms with Crippen LogP contribution in [0.25, 0.3) is 0 Å². The van der Waals surface area contributed by atoms with Gasteiger partial charge in [-0.15, -0.1) is 0 Å². The maximum absolute atomic E-state index is 13.5. The van der Waals surface area contributed by atoms with Gasteiger partial charge in [0.05, 0.1) is 19.1 Å². The van der Waals surface area contributed by atoms with Crippen LogP contribution in [0.1, 0.15) is 52.5 Å². The maximum Gasteiger partial charge on any atom is 0.243 e. The van der Waals surface area contributed by atoms with Crippen molar-refractivity contribution in [1.29, 1.82) is 0 Å². The van der Waals surface area contributed by atoms with Gasteiger partial charge in [-0.2, -0.15) is 0 Å². The summed E-state index contributed by atoms with van der Waals surface area (Å²) in [6.45, 7) is 7.88. The summed E-state index contributed by atoms with van der Waals surface area (Å²) in [5.74, 6) is 0.237. The van der Waals surface area contributed by atoms with Crippen LogP contribution in [0, 0.1) is 0 Å². The molecule has 0 spiro atoms. The van der Waals surface area contributed by atoms with E-state index in [9.17, 15) is 18.0 Å². The van der Waals surface area contributed by atoms with Gasteiger partial charge in [0.15, 0.2) is 0 Å². The van der Waals surface area contributed by atoms with Gasteiger partial charge in [-0.05, 0) is 69.5 Å². The first-order valence-electron chi connectivity index (χ1n) is 12.2. The molecule has 2 aromatic rings. The fourth-order valence-electron chi connectivity index (χ4n) is 3.94. The average molecular weight is 552 g/mol. The summed E-state index contributed by atoms with van der Waals surface area (Å²) in [5.41, 5.74) is 0.841. The molecule has 0 radical (unpaired) electrons. The lowest BCUT2D eigenvalue weighted by atomic mass is 10.0. The highest BCUT2D eigenvalue weighted by Crippen LogP contribution is 2.23. The lowest BCUT2D eigenvalue weighted by molar-refractivity contribution is -0.142. The van der Waals surface area contributed by atoms with Gasteiger partial charge in [0.2, 0.25) is 21.8 Å². The number of carbonyl (C=O) groups is 2. The number of hydrogen-bond acceptors (Lipinski definition) is 5. The van der Waals surface area contributed by atoms with E-state index in [-0.39, 0.29) is 37.7 Å². The number of halogens is 1. The number of benzene rings is 2. The number of hydrogen-bond donors (Lipinski definition) is 1. The third kappa shape index (κ3) is 9.55. The zero-order chi connectivity index (χ0) is 27.8. The van der Waals surface area contributed by atoms with Crippen molar-refractivity contribution >= 4 is 39.1 Å². The van der Waals surface area contributed by atoms with Crippen LogP contribution in [-0.2, 0) is 26.2 Å². The average Bonchev–Trinajstić information content (AvgIpc) is 2.80. The van der Waals surface area contributed by atoms with Crippen LogP contribution in [0.5, 0.6) is 5.75 Å². The highest BCUT2D eigenvalue weighted by molar-refractivity contribution is 7.92. The van der Waals surface area contributed by atoms with Crippen molar-refractivity contribution in [2.75, 3.05) is 24.2 Å². The van der Waals surface area contributed by atoms with Crippen LogP contribution in [0.2, 0.25) is 5.02 Å². The van der Waals surface area contributed by atoms with Crippen molar-refractivity contribution in [3.05, 3.63) is 59.1 Å². The summed E-state index contributed by atoms with van der Waals surface area (Å²) in [7, 11) is -2.01. The number of anilines is 1. The van der Waals surface area contributed by atoms with E-state index in [1.54, 1.807) is 36.3 Å². The minimum absolute atomic E-state index is 0.0715. The molecule has 0 saturated carbocycles. The summed E-state index contributed by atoms with van der Waals surface area (Å²) >= 11 is 6.06. The molecule has 0 heterocycles. The quantitative estimate of drug-likeness (QED) is 0.415. The molecule has 0 bridgehead atoms. The first kappa shape index (κ1) is 30.4. The number of nitrogens with one attached hydrogen (secondary N) is 1. The molecule has 2 amide bonds. The van der Waals surface area contributed by atoms with Crippen molar-refractivity contribution < 1.29 is 22.7 Å². The Bertz CT molecular complexity index is 1160. The Morgan fingerprint density at radius 3 is 2.27 bits per heavy atom. The number of sulfonamides is 1. The molecule has 0 saturated heterocycles. The molecule has 0 aliphatic rings. The van der Waals surface area contributed by atoms with Crippen LogP contribution >= 0.6 is 11.6 Å². The largest absolute Gasteiger partial charge is 0.497 e. The summed E-state index contributed by atoms with van der Waals surface area (Å²) in [6.07, 6.45) is 1.90. The number of rotatable bonds is 12. The van der Waals surface area contributed by atoms with Crippen molar-refractivity contribution in [2.45, 2.75) is 65.1 Å². The van der Waals surface area contributed by atoms with E-state index in [0.29, 0.717) is 22.9 Å². The first-order chi connectivity index (χ1) is 17.2. The van der Waals surface area contributed by atoms with E-state index >= 15 is 0 Å². The number of nitrogens with zero attached hydrogens (tertiary/aromatic N) is 2. The molecular weight excluding hydrogens is 514 g/mol. The van der Waals surface area contributed by atoms with Gasteiger partial charge in [0.25, 0.3) is 0 Å². The number of amides is 2. The predicted octanol–water partition coefficient (Wildman–Crippen LogP) is 4.62. The molecule has 2 aromatic carbocycles. The minimum atomic E-state index is -3.59. The second-order valence-corrected chi connectivity index (χ2v) is 12.3. The van der Waals surface area contributed by atoms with Crippen LogP contribution in [-0.4, -0.2) is 56.6 Å². The molecule has 0 aliphatic carbocycles. The Labute approximate surface area is 226 Å². The molecule has 1 N–H and O–H groups in total. The Morgan fingerprint density at radius 2 is 1.76 bits per heavy atom. The van der Waals surface area contributed by atoms with Gasteiger partial charge in [0.1, 0.15) is 11.8 Å². The van der Waals surface area contributed by atoms with E-state index in [1.165, 1.54) is 4.31 Å². The van der Waals surface area contributed by atoms with Gasteiger partial charge >= 0.3 is 0 Å². The van der Waals surface area contributed by atoms with Crippen molar-refractivity contribution in [1.82, 2.24) is 10.2 Å². The molecule has 37 heavy (non-hydrogen) atoms. The molecular formula is C27H38ClN3O5S. The summed E-state index contributed by atoms with van der Waals surface area (Å²) in [4.78, 5) is 28.2. The van der Waals surface area contributed by atoms with Crippen LogP contribution in [0.15, 0.2) is 48.5 Å². The molecule has 1 unspecified atom stereocenters. The number of ether oxygens (including phenoxy) is 1. The zero-order valence-corrected chi connectivity index (χ0v) is 24.0. The number of carbonyl (C=O) groups excluding carboxylic acids is 2. The van der Waals surface area contributed by atoms with Gasteiger partial charge in [-0.3, -0.25) is 13.9 Å². The molecule has 0 aromatic heterocycles. The lowest BCUT2D eigenvalue weighted by Gasteiger charge is -2.33. The van der Waals surface area contributed by atoms with Crippen molar-refractivity contribution in [3.63, 3.8) is 0 Å². The maximum atomic E-state index is 13.5. The normalized spacial score (nSPS) is 12.5. The zero-order valence-electron chi connectivity index (χ0n) is 22.5. The summed E-state index contributed by atoms with van der Waals surface area (Å²) in [6, 6.07) is 13.2. The molecule has 8 nitrogen and oxygen atoms in total. The van der Waals surface area contributed by atoms with E-state index in [2.05, 4.69) is 5.32 Å². The minimum Gasteiger partial charge on any atom is -0.497 e. The molecule has 204 valence electrons. The van der Waals surface area contributed by atoms with Gasteiger partial charge < -0.3 is 15.0 Å². The third-order valence-corrected chi connectivity index (χ3v) is 7.07. The lowest BCUT2D eigenvalue weighted by Crippen LogP contribution is -2.53. The highest BCUT2D eigenvalue weighted by atomic mass is 35.5. The Kier molecular flexibility index (Phi) is 10.8. The second-order valence-electron chi connectivity index (χ2n) is 9.95. The highest BCUT2D eigenvalue weighted by Gasteiger charge is 2.30. The van der Waals surface area contributed by atoms with E-state index in [0.717, 1.165) is 11.8 Å².